The van der Waals surface area contributed by atoms with E-state index in [0.717, 1.165) is 22.3 Å². The number of rotatable bonds is 0. The molecule has 2 saturated heterocycles. The molecule has 7 rings (SSSR count). The highest BCUT2D eigenvalue weighted by atomic mass is 32.2. The molecule has 2 fully saturated rings. The van der Waals surface area contributed by atoms with Crippen molar-refractivity contribution in [1.82, 2.24) is 9.80 Å². The molecule has 7 atom stereocenters. The van der Waals surface area contributed by atoms with Gasteiger partial charge in [0.1, 0.15) is 30.2 Å². The van der Waals surface area contributed by atoms with Crippen molar-refractivity contribution in [2.24, 2.45) is 5.73 Å². The second-order valence-corrected chi connectivity index (χ2v) is 12.7. The maximum atomic E-state index is 12.8. The number of nitrogens with two attached hydrogens (primary N) is 1. The van der Waals surface area contributed by atoms with Crippen molar-refractivity contribution in [2.45, 2.75) is 68.7 Å². The summed E-state index contributed by atoms with van der Waals surface area (Å²) in [7, 11) is 2.02. The molecule has 210 valence electrons. The quantitative estimate of drug-likeness (QED) is 0.407. The van der Waals surface area contributed by atoms with Gasteiger partial charge in [0.2, 0.25) is 6.79 Å². The Hall–Kier alpha value is -3.17. The van der Waals surface area contributed by atoms with E-state index in [9.17, 15) is 20.3 Å². The van der Waals surface area contributed by atoms with Gasteiger partial charge in [0, 0.05) is 40.1 Å². The summed E-state index contributed by atoms with van der Waals surface area (Å²) in [6.45, 7) is 5.68. The number of hydrogen-bond donors (Lipinski definition) is 3. The van der Waals surface area contributed by atoms with Crippen LogP contribution in [0.4, 0.5) is 0 Å². The molecule has 0 amide bonds. The molecule has 0 spiro atoms. The monoisotopic (exact) mass is 564 g/mol. The average molecular weight is 565 g/mol. The Bertz CT molecular complexity index is 1510. The van der Waals surface area contributed by atoms with Crippen molar-refractivity contribution in [2.75, 3.05) is 26.2 Å². The number of cyclic esters (lactones) is 1. The van der Waals surface area contributed by atoms with E-state index in [-0.39, 0.29) is 48.8 Å². The Morgan fingerprint density at radius 1 is 1.07 bits per heavy atom. The molecule has 4 bridgehead atoms. The van der Waals surface area contributed by atoms with Crippen LogP contribution in [0.2, 0.25) is 0 Å². The van der Waals surface area contributed by atoms with Gasteiger partial charge in [-0.25, -0.2) is 0 Å². The predicted molar refractivity (Wildman–Crippen MR) is 146 cm³/mol. The summed E-state index contributed by atoms with van der Waals surface area (Å²) in [6.07, 6.45) is 0.595. The highest BCUT2D eigenvalue weighted by molar-refractivity contribution is 7.99. The van der Waals surface area contributed by atoms with Crippen molar-refractivity contribution in [3.05, 3.63) is 45.0 Å². The summed E-state index contributed by atoms with van der Waals surface area (Å²) in [6, 6.07) is 1.93. The summed E-state index contributed by atoms with van der Waals surface area (Å²) in [5.41, 5.74) is 12.0. The zero-order valence-electron chi connectivity index (χ0n) is 22.8. The number of hydrogen-bond acceptors (Lipinski definition) is 11. The number of nitriles is 1. The fraction of sp³-hybridized carbons (Fsp3) is 0.517. The number of nitrogens with zero attached hydrogens (tertiary/aromatic N) is 3. The van der Waals surface area contributed by atoms with E-state index in [0.29, 0.717) is 34.6 Å². The van der Waals surface area contributed by atoms with Gasteiger partial charge in [-0.05, 0) is 50.9 Å². The number of likely N-dealkylation sites (N-methyl/N-ethyl adjacent to an activating group) is 1. The van der Waals surface area contributed by atoms with Gasteiger partial charge in [-0.3, -0.25) is 14.6 Å². The first-order valence-corrected chi connectivity index (χ1v) is 14.6. The second kappa shape index (κ2) is 8.91. The Morgan fingerprint density at radius 3 is 2.55 bits per heavy atom. The first-order valence-electron chi connectivity index (χ1n) is 13.5. The number of benzene rings is 2. The fourth-order valence-electron chi connectivity index (χ4n) is 7.59. The number of ether oxygens (including phenoxy) is 3. The lowest BCUT2D eigenvalue weighted by atomic mass is 9.71. The van der Waals surface area contributed by atoms with Crippen molar-refractivity contribution in [3.8, 4) is 29.1 Å². The lowest BCUT2D eigenvalue weighted by Crippen LogP contribution is -2.69. The molecule has 5 heterocycles. The lowest BCUT2D eigenvalue weighted by Gasteiger charge is -2.61. The van der Waals surface area contributed by atoms with Crippen LogP contribution in [0.25, 0.3) is 0 Å². The van der Waals surface area contributed by atoms with Gasteiger partial charge in [0.25, 0.3) is 0 Å². The van der Waals surface area contributed by atoms with Gasteiger partial charge in [-0.1, -0.05) is 6.07 Å². The topological polar surface area (TPSA) is 142 Å². The number of phenols is 2. The summed E-state index contributed by atoms with van der Waals surface area (Å²) < 4.78 is 17.6. The van der Waals surface area contributed by atoms with Gasteiger partial charge in [0.15, 0.2) is 11.5 Å². The Labute approximate surface area is 236 Å². The number of thioether (sulfide) groups is 1. The van der Waals surface area contributed by atoms with E-state index < -0.39 is 29.3 Å². The lowest BCUT2D eigenvalue weighted by molar-refractivity contribution is -0.150. The Kier molecular flexibility index (Phi) is 5.74. The molecule has 0 aromatic heterocycles. The number of piperazine rings is 1. The van der Waals surface area contributed by atoms with E-state index in [4.69, 9.17) is 19.9 Å². The smallest absolute Gasteiger partial charge is 0.323 e. The predicted octanol–water partition coefficient (Wildman–Crippen LogP) is 2.64. The normalized spacial score (nSPS) is 32.5. The highest BCUT2D eigenvalue weighted by Gasteiger charge is 2.60. The molecule has 2 aromatic rings. The zero-order chi connectivity index (χ0) is 28.2. The van der Waals surface area contributed by atoms with E-state index >= 15 is 0 Å². The Balaban J connectivity index is 1.54. The van der Waals surface area contributed by atoms with E-state index in [1.54, 1.807) is 6.92 Å². The summed E-state index contributed by atoms with van der Waals surface area (Å²) in [5, 5.41) is 33.6. The standard InChI is InChI=1S/C29H32N4O6S/c1-11-5-14-6-16-17(7-30)33-18-8-37-29(36)15(31)9-40-28(23(33)22(32(16)4)19(14)24(34)12(11)2)21-20(18)27-26(38-10-39-27)13(3)25(21)35/h5,15-18,22-23,28,34-35H,6,8-10,31H2,1-4H3/t15?,16-,17-,18-,22+,23?,28+/m0/s1. The van der Waals surface area contributed by atoms with Gasteiger partial charge < -0.3 is 30.2 Å². The van der Waals surface area contributed by atoms with Crippen LogP contribution < -0.4 is 15.2 Å². The van der Waals surface area contributed by atoms with Crippen molar-refractivity contribution >= 4 is 17.7 Å². The van der Waals surface area contributed by atoms with Gasteiger partial charge in [0.05, 0.1) is 23.4 Å². The van der Waals surface area contributed by atoms with Gasteiger partial charge in [-0.2, -0.15) is 5.26 Å². The SMILES string of the molecule is Cc1cc2c(c(O)c1C)[C@@H]1C3[C@@H]4SCC(N)C(=O)OC[C@@H](c5c6c(c(C)c(O)c54)OCO6)N3[C@@H](C#N)[C@H](C2)N1C. The number of phenolic OH excluding ortho intramolecular Hbond substituents is 2. The third-order valence-electron chi connectivity index (χ3n) is 9.64. The third-order valence-corrected chi connectivity index (χ3v) is 11.1. The van der Waals surface area contributed by atoms with Crippen LogP contribution in [0.1, 0.15) is 56.3 Å². The van der Waals surface area contributed by atoms with Crippen LogP contribution in [-0.4, -0.2) is 76.3 Å². The van der Waals surface area contributed by atoms with Crippen molar-refractivity contribution < 1.29 is 29.2 Å². The molecule has 40 heavy (non-hydrogen) atoms. The summed E-state index contributed by atoms with van der Waals surface area (Å²) >= 11 is 1.47. The second-order valence-electron chi connectivity index (χ2n) is 11.5. The van der Waals surface area contributed by atoms with Crippen LogP contribution >= 0.6 is 11.8 Å². The molecule has 10 nitrogen and oxygen atoms in total. The van der Waals surface area contributed by atoms with E-state index in [1.807, 2.05) is 20.9 Å². The van der Waals surface area contributed by atoms with Gasteiger partial charge in [-0.15, -0.1) is 11.8 Å². The van der Waals surface area contributed by atoms with Crippen molar-refractivity contribution in [3.63, 3.8) is 0 Å². The molecular weight excluding hydrogens is 532 g/mol. The first-order chi connectivity index (χ1) is 19.1. The van der Waals surface area contributed by atoms with Crippen LogP contribution in [0, 0.1) is 32.1 Å². The molecule has 11 heteroatoms. The maximum absolute atomic E-state index is 12.8. The van der Waals surface area contributed by atoms with E-state index in [1.165, 1.54) is 11.8 Å². The number of aryl methyl sites for hydroxylation is 1. The van der Waals surface area contributed by atoms with E-state index in [2.05, 4.69) is 21.9 Å². The number of carbonyl (C=O) groups is 1. The zero-order valence-corrected chi connectivity index (χ0v) is 23.6. The van der Waals surface area contributed by atoms with Crippen LogP contribution in [0.5, 0.6) is 23.0 Å². The fourth-order valence-corrected chi connectivity index (χ4v) is 9.03. The molecule has 2 aromatic carbocycles. The molecule has 4 N–H and O–H groups in total. The minimum atomic E-state index is -0.837. The van der Waals surface area contributed by atoms with Crippen molar-refractivity contribution in [1.29, 1.82) is 5.26 Å². The maximum Gasteiger partial charge on any atom is 0.323 e. The number of aromatic hydroxyl groups is 2. The molecule has 2 unspecified atom stereocenters. The summed E-state index contributed by atoms with van der Waals surface area (Å²) in [5.74, 6) is 1.14. The number of carbonyl (C=O) groups excluding carboxylic acids is 1. The van der Waals surface area contributed by atoms with Crippen LogP contribution in [0.15, 0.2) is 6.07 Å². The third kappa shape index (κ3) is 3.25. The Morgan fingerprint density at radius 2 is 1.80 bits per heavy atom. The molecule has 0 radical (unpaired) electrons. The largest absolute Gasteiger partial charge is 0.507 e. The highest BCUT2D eigenvalue weighted by Crippen LogP contribution is 2.63. The first kappa shape index (κ1) is 25.8. The minimum absolute atomic E-state index is 0.0141. The van der Waals surface area contributed by atoms with Crippen LogP contribution in [-0.2, 0) is 16.0 Å². The minimum Gasteiger partial charge on any atom is -0.507 e. The number of esters is 1. The molecule has 5 aliphatic heterocycles. The van der Waals surface area contributed by atoms with Crippen LogP contribution in [0.3, 0.4) is 0 Å². The van der Waals surface area contributed by atoms with Gasteiger partial charge >= 0.3 is 5.97 Å². The molecule has 5 aliphatic rings. The molecule has 0 aliphatic carbocycles. The average Bonchev–Trinajstić information content (AvgIpc) is 3.42. The molecular formula is C29H32N4O6S. The molecule has 0 saturated carbocycles. The summed E-state index contributed by atoms with van der Waals surface area (Å²) in [4.78, 5) is 17.2. The number of fused-ring (bicyclic) bond motifs is 9.